The molecule has 2 rings (SSSR count). The van der Waals surface area contributed by atoms with Gasteiger partial charge in [-0.3, -0.25) is 4.99 Å². The average Bonchev–Trinajstić information content (AvgIpc) is 3.36. The van der Waals surface area contributed by atoms with E-state index in [1.54, 1.807) is 0 Å². The van der Waals surface area contributed by atoms with Crippen LogP contribution in [0.25, 0.3) is 0 Å². The highest BCUT2D eigenvalue weighted by Crippen LogP contribution is 2.34. The number of alkyl carbamates (subject to hydrolysis) is 1. The van der Waals surface area contributed by atoms with Crippen molar-refractivity contribution in [2.75, 3.05) is 33.3 Å². The first kappa shape index (κ1) is 26.3. The van der Waals surface area contributed by atoms with Crippen LogP contribution in [0.3, 0.4) is 0 Å². The van der Waals surface area contributed by atoms with Crippen LogP contribution < -0.4 is 10.6 Å². The Morgan fingerprint density at radius 1 is 1.24 bits per heavy atom. The molecule has 1 aliphatic heterocycles. The number of carbonyl (C=O) groups excluding carboxylic acids is 1. The van der Waals surface area contributed by atoms with Crippen LogP contribution in [0.1, 0.15) is 66.2 Å². The fraction of sp³-hybridized carbons (Fsp3) is 0.905. The van der Waals surface area contributed by atoms with Crippen LogP contribution >= 0.6 is 24.0 Å². The van der Waals surface area contributed by atoms with Crippen molar-refractivity contribution in [1.29, 1.82) is 0 Å². The molecule has 7 nitrogen and oxygen atoms in total. The van der Waals surface area contributed by atoms with Gasteiger partial charge in [-0.15, -0.1) is 24.0 Å². The number of aliphatic imine (C=N–C) groups is 1. The number of carbonyl (C=O) groups is 1. The standard InChI is InChI=1S/C21H40N4O3.HI/c1-6-8-16-15-18(16)24-19(22-5)25-12-9-17(10-13-25)27-14-7-11-23-20(26)28-21(2,3)4;/h16-18H,6-15H2,1-5H3,(H,22,24)(H,23,26);1H. The predicted molar refractivity (Wildman–Crippen MR) is 128 cm³/mol. The van der Waals surface area contributed by atoms with E-state index in [1.807, 2.05) is 27.8 Å². The topological polar surface area (TPSA) is 75.2 Å². The third-order valence-corrected chi connectivity index (χ3v) is 5.19. The van der Waals surface area contributed by atoms with E-state index in [4.69, 9.17) is 9.47 Å². The molecule has 0 spiro atoms. The molecule has 1 saturated carbocycles. The SMILES string of the molecule is CCCC1CC1NC(=NC)N1CCC(OCCCNC(=O)OC(C)(C)C)CC1.I. The summed E-state index contributed by atoms with van der Waals surface area (Å²) in [6, 6.07) is 0.616. The fourth-order valence-electron chi connectivity index (χ4n) is 3.64. The molecule has 0 aromatic heterocycles. The van der Waals surface area contributed by atoms with Gasteiger partial charge in [0.1, 0.15) is 5.60 Å². The second-order valence-corrected chi connectivity index (χ2v) is 8.92. The van der Waals surface area contributed by atoms with Crippen molar-refractivity contribution in [2.45, 2.75) is 84.0 Å². The Hall–Kier alpha value is -0.770. The van der Waals surface area contributed by atoms with E-state index < -0.39 is 5.60 Å². The van der Waals surface area contributed by atoms with Gasteiger partial charge in [-0.2, -0.15) is 0 Å². The lowest BCUT2D eigenvalue weighted by atomic mass is 10.1. The van der Waals surface area contributed by atoms with Gasteiger partial charge in [-0.05, 0) is 58.8 Å². The number of piperidine rings is 1. The summed E-state index contributed by atoms with van der Waals surface area (Å²) in [7, 11) is 1.87. The van der Waals surface area contributed by atoms with Gasteiger partial charge < -0.3 is 25.0 Å². The number of halogens is 1. The minimum absolute atomic E-state index is 0. The van der Waals surface area contributed by atoms with Crippen molar-refractivity contribution >= 4 is 36.0 Å². The smallest absolute Gasteiger partial charge is 0.407 e. The molecule has 0 aromatic carbocycles. The molecule has 1 amide bonds. The van der Waals surface area contributed by atoms with Gasteiger partial charge >= 0.3 is 6.09 Å². The number of hydrogen-bond acceptors (Lipinski definition) is 4. The minimum Gasteiger partial charge on any atom is -0.444 e. The molecule has 0 aromatic rings. The van der Waals surface area contributed by atoms with Crippen LogP contribution in [-0.2, 0) is 9.47 Å². The summed E-state index contributed by atoms with van der Waals surface area (Å²) in [5.41, 5.74) is -0.458. The van der Waals surface area contributed by atoms with Crippen LogP contribution in [-0.4, -0.2) is 68.0 Å². The number of rotatable bonds is 8. The number of nitrogens with zero attached hydrogens (tertiary/aromatic N) is 2. The Bertz CT molecular complexity index is 517. The van der Waals surface area contributed by atoms with Crippen molar-refractivity contribution in [3.05, 3.63) is 0 Å². The third-order valence-electron chi connectivity index (χ3n) is 5.19. The highest BCUT2D eigenvalue weighted by Gasteiger charge is 2.37. The normalized spacial score (nSPS) is 22.7. The number of likely N-dealkylation sites (tertiary alicyclic amines) is 1. The van der Waals surface area contributed by atoms with E-state index in [-0.39, 0.29) is 30.1 Å². The number of amides is 1. The van der Waals surface area contributed by atoms with Crippen LogP contribution in [0.2, 0.25) is 0 Å². The van der Waals surface area contributed by atoms with Crippen molar-refractivity contribution in [2.24, 2.45) is 10.9 Å². The maximum Gasteiger partial charge on any atom is 0.407 e. The van der Waals surface area contributed by atoms with Crippen LogP contribution in [0, 0.1) is 5.92 Å². The Kier molecular flexibility index (Phi) is 11.6. The van der Waals surface area contributed by atoms with Crippen LogP contribution in [0.15, 0.2) is 4.99 Å². The highest BCUT2D eigenvalue weighted by molar-refractivity contribution is 14.0. The van der Waals surface area contributed by atoms with Crippen molar-refractivity contribution in [3.8, 4) is 0 Å². The lowest BCUT2D eigenvalue weighted by Gasteiger charge is -2.34. The second-order valence-electron chi connectivity index (χ2n) is 8.92. The minimum atomic E-state index is -0.458. The molecule has 170 valence electrons. The zero-order valence-corrected chi connectivity index (χ0v) is 21.2. The zero-order chi connectivity index (χ0) is 20.6. The van der Waals surface area contributed by atoms with Gasteiger partial charge in [0.15, 0.2) is 5.96 Å². The summed E-state index contributed by atoms with van der Waals surface area (Å²) in [4.78, 5) is 18.4. The number of nitrogens with one attached hydrogen (secondary N) is 2. The molecular weight excluding hydrogens is 483 g/mol. The summed E-state index contributed by atoms with van der Waals surface area (Å²) < 4.78 is 11.2. The fourth-order valence-corrected chi connectivity index (χ4v) is 3.64. The van der Waals surface area contributed by atoms with Gasteiger partial charge in [0.05, 0.1) is 6.10 Å². The average molecular weight is 524 g/mol. The van der Waals surface area contributed by atoms with Crippen LogP contribution in [0.5, 0.6) is 0 Å². The largest absolute Gasteiger partial charge is 0.444 e. The number of ether oxygens (including phenoxy) is 2. The summed E-state index contributed by atoms with van der Waals surface area (Å²) in [6.07, 6.45) is 6.62. The van der Waals surface area contributed by atoms with Crippen molar-refractivity contribution < 1.29 is 14.3 Å². The number of guanidine groups is 1. The summed E-state index contributed by atoms with van der Waals surface area (Å²) in [6.45, 7) is 11.0. The quantitative estimate of drug-likeness (QED) is 0.219. The second kappa shape index (κ2) is 12.8. The van der Waals surface area contributed by atoms with Crippen LogP contribution in [0.4, 0.5) is 4.79 Å². The van der Waals surface area contributed by atoms with Gasteiger partial charge in [-0.1, -0.05) is 13.3 Å². The highest BCUT2D eigenvalue weighted by atomic mass is 127. The van der Waals surface area contributed by atoms with Gasteiger partial charge in [0, 0.05) is 39.3 Å². The molecule has 0 radical (unpaired) electrons. The first-order valence-corrected chi connectivity index (χ1v) is 10.9. The van der Waals surface area contributed by atoms with E-state index in [0.29, 0.717) is 25.3 Å². The van der Waals surface area contributed by atoms with E-state index in [2.05, 4.69) is 27.4 Å². The van der Waals surface area contributed by atoms with Crippen molar-refractivity contribution in [1.82, 2.24) is 15.5 Å². The maximum atomic E-state index is 11.6. The molecule has 29 heavy (non-hydrogen) atoms. The molecule has 2 N–H and O–H groups in total. The van der Waals surface area contributed by atoms with Gasteiger partial charge in [-0.25, -0.2) is 4.79 Å². The molecule has 2 fully saturated rings. The number of hydrogen-bond donors (Lipinski definition) is 2. The Morgan fingerprint density at radius 3 is 2.52 bits per heavy atom. The van der Waals surface area contributed by atoms with Gasteiger partial charge in [0.25, 0.3) is 0 Å². The van der Waals surface area contributed by atoms with Gasteiger partial charge in [0.2, 0.25) is 0 Å². The Balaban J connectivity index is 0.00000420. The maximum absolute atomic E-state index is 11.6. The molecule has 8 heteroatoms. The zero-order valence-electron chi connectivity index (χ0n) is 18.8. The Morgan fingerprint density at radius 2 is 1.93 bits per heavy atom. The summed E-state index contributed by atoms with van der Waals surface area (Å²) >= 11 is 0. The third kappa shape index (κ3) is 10.2. The lowest BCUT2D eigenvalue weighted by Crippen LogP contribution is -2.48. The molecule has 1 aliphatic carbocycles. The van der Waals surface area contributed by atoms with E-state index in [0.717, 1.165) is 44.2 Å². The lowest BCUT2D eigenvalue weighted by molar-refractivity contribution is 0.0170. The predicted octanol–water partition coefficient (Wildman–Crippen LogP) is 3.76. The van der Waals surface area contributed by atoms with E-state index in [1.165, 1.54) is 19.3 Å². The molecular formula is C21H41IN4O3. The van der Waals surface area contributed by atoms with Crippen molar-refractivity contribution in [3.63, 3.8) is 0 Å². The van der Waals surface area contributed by atoms with E-state index >= 15 is 0 Å². The molecule has 2 aliphatic rings. The molecule has 1 saturated heterocycles. The molecule has 0 bridgehead atoms. The Labute approximate surface area is 193 Å². The monoisotopic (exact) mass is 524 g/mol. The van der Waals surface area contributed by atoms with E-state index in [9.17, 15) is 4.79 Å². The molecule has 1 heterocycles. The molecule has 2 unspecified atom stereocenters. The summed E-state index contributed by atoms with van der Waals surface area (Å²) in [5, 5.41) is 6.40. The summed E-state index contributed by atoms with van der Waals surface area (Å²) in [5.74, 6) is 1.88. The first-order valence-electron chi connectivity index (χ1n) is 10.9. The first-order chi connectivity index (χ1) is 13.3. The molecule has 2 atom stereocenters.